The van der Waals surface area contributed by atoms with Crippen molar-refractivity contribution < 1.29 is 13.2 Å². The SMILES string of the molecule is CC(NS(=O)(=O)c1cc(N)ccc1Br)C(=O)NC(C)(C)C. The molecule has 0 fully saturated rings. The van der Waals surface area contributed by atoms with E-state index >= 15 is 0 Å². The Balaban J connectivity index is 2.95. The lowest BCUT2D eigenvalue weighted by molar-refractivity contribution is -0.123. The van der Waals surface area contributed by atoms with E-state index in [0.29, 0.717) is 10.2 Å². The minimum atomic E-state index is -3.85. The highest BCUT2D eigenvalue weighted by atomic mass is 79.9. The summed E-state index contributed by atoms with van der Waals surface area (Å²) >= 11 is 3.17. The minimum absolute atomic E-state index is 0.00194. The van der Waals surface area contributed by atoms with Crippen LogP contribution < -0.4 is 15.8 Å². The van der Waals surface area contributed by atoms with Crippen molar-refractivity contribution >= 4 is 37.5 Å². The summed E-state index contributed by atoms with van der Waals surface area (Å²) < 4.78 is 27.3. The average Bonchev–Trinajstić information content (AvgIpc) is 2.29. The molecule has 0 aliphatic carbocycles. The van der Waals surface area contributed by atoms with E-state index in [4.69, 9.17) is 5.73 Å². The van der Waals surface area contributed by atoms with Gasteiger partial charge in [-0.2, -0.15) is 4.72 Å². The van der Waals surface area contributed by atoms with E-state index in [-0.39, 0.29) is 4.90 Å². The molecular weight excluding hydrogens is 358 g/mol. The molecule has 1 aromatic carbocycles. The Morgan fingerprint density at radius 3 is 2.43 bits per heavy atom. The molecule has 1 aromatic rings. The zero-order valence-electron chi connectivity index (χ0n) is 12.4. The smallest absolute Gasteiger partial charge is 0.242 e. The molecule has 21 heavy (non-hydrogen) atoms. The molecule has 0 heterocycles. The van der Waals surface area contributed by atoms with Crippen LogP contribution in [-0.4, -0.2) is 25.9 Å². The Kier molecular flexibility index (Phi) is 5.40. The Hall–Kier alpha value is -1.12. The molecule has 4 N–H and O–H groups in total. The maximum absolute atomic E-state index is 12.3. The molecule has 0 radical (unpaired) electrons. The summed E-state index contributed by atoms with van der Waals surface area (Å²) in [6.07, 6.45) is 0. The summed E-state index contributed by atoms with van der Waals surface area (Å²) in [6, 6.07) is 3.56. The highest BCUT2D eigenvalue weighted by molar-refractivity contribution is 9.10. The summed E-state index contributed by atoms with van der Waals surface area (Å²) in [6.45, 7) is 6.95. The maximum Gasteiger partial charge on any atom is 0.242 e. The van der Waals surface area contributed by atoms with Crippen LogP contribution in [0.4, 0.5) is 5.69 Å². The van der Waals surface area contributed by atoms with Crippen LogP contribution in [0.15, 0.2) is 27.6 Å². The standard InChI is InChI=1S/C13H20BrN3O3S/c1-8(12(18)16-13(2,3)4)17-21(19,20)11-7-9(15)5-6-10(11)14/h5-8,17H,15H2,1-4H3,(H,16,18). The molecule has 6 nitrogen and oxygen atoms in total. The van der Waals surface area contributed by atoms with Crippen molar-refractivity contribution in [1.29, 1.82) is 0 Å². The maximum atomic E-state index is 12.3. The van der Waals surface area contributed by atoms with E-state index in [1.165, 1.54) is 13.0 Å². The highest BCUT2D eigenvalue weighted by Crippen LogP contribution is 2.24. The average molecular weight is 378 g/mol. The minimum Gasteiger partial charge on any atom is -0.399 e. The number of hydrogen-bond acceptors (Lipinski definition) is 4. The number of anilines is 1. The van der Waals surface area contributed by atoms with Crippen molar-refractivity contribution in [2.45, 2.75) is 44.2 Å². The normalized spacial score (nSPS) is 13.8. The van der Waals surface area contributed by atoms with E-state index in [9.17, 15) is 13.2 Å². The molecular formula is C13H20BrN3O3S. The molecule has 0 aliphatic heterocycles. The number of halogens is 1. The van der Waals surface area contributed by atoms with Crippen molar-refractivity contribution in [3.8, 4) is 0 Å². The molecule has 1 unspecified atom stereocenters. The topological polar surface area (TPSA) is 101 Å². The molecule has 0 aliphatic rings. The van der Waals surface area contributed by atoms with Gasteiger partial charge in [0, 0.05) is 15.7 Å². The number of nitrogens with two attached hydrogens (primary N) is 1. The summed E-state index contributed by atoms with van der Waals surface area (Å²) in [5.41, 5.74) is 5.49. The third kappa shape index (κ3) is 5.29. The van der Waals surface area contributed by atoms with Gasteiger partial charge < -0.3 is 11.1 Å². The van der Waals surface area contributed by atoms with Gasteiger partial charge in [0.15, 0.2) is 0 Å². The van der Waals surface area contributed by atoms with Crippen LogP contribution in [0.3, 0.4) is 0 Å². The first-order valence-electron chi connectivity index (χ1n) is 6.32. The molecule has 1 amide bonds. The number of carbonyl (C=O) groups excluding carboxylic acids is 1. The third-order valence-electron chi connectivity index (χ3n) is 2.47. The van der Waals surface area contributed by atoms with Crippen LogP contribution in [0.2, 0.25) is 0 Å². The fourth-order valence-corrected chi connectivity index (χ4v) is 3.75. The highest BCUT2D eigenvalue weighted by Gasteiger charge is 2.26. The van der Waals surface area contributed by atoms with E-state index < -0.39 is 27.5 Å². The van der Waals surface area contributed by atoms with Crippen LogP contribution in [0.1, 0.15) is 27.7 Å². The lowest BCUT2D eigenvalue weighted by atomic mass is 10.1. The van der Waals surface area contributed by atoms with Crippen molar-refractivity contribution in [1.82, 2.24) is 10.0 Å². The van der Waals surface area contributed by atoms with Gasteiger partial charge in [-0.15, -0.1) is 0 Å². The predicted octanol–water partition coefficient (Wildman–Crippen LogP) is 1.61. The Labute approximate surface area is 133 Å². The van der Waals surface area contributed by atoms with Gasteiger partial charge in [0.2, 0.25) is 15.9 Å². The number of carbonyl (C=O) groups is 1. The van der Waals surface area contributed by atoms with Crippen molar-refractivity contribution in [2.75, 3.05) is 5.73 Å². The molecule has 0 spiro atoms. The van der Waals surface area contributed by atoms with Crippen molar-refractivity contribution in [3.05, 3.63) is 22.7 Å². The van der Waals surface area contributed by atoms with Crippen molar-refractivity contribution in [3.63, 3.8) is 0 Å². The lowest BCUT2D eigenvalue weighted by Crippen LogP contribution is -2.50. The number of nitrogens with one attached hydrogen (secondary N) is 2. The van der Waals surface area contributed by atoms with Crippen LogP contribution in [0.25, 0.3) is 0 Å². The van der Waals surface area contributed by atoms with E-state index in [1.807, 2.05) is 20.8 Å². The van der Waals surface area contributed by atoms with Crippen LogP contribution in [-0.2, 0) is 14.8 Å². The van der Waals surface area contributed by atoms with Gasteiger partial charge >= 0.3 is 0 Å². The molecule has 118 valence electrons. The summed E-state index contributed by atoms with van der Waals surface area (Å²) in [7, 11) is -3.85. The van der Waals surface area contributed by atoms with Crippen LogP contribution >= 0.6 is 15.9 Å². The largest absolute Gasteiger partial charge is 0.399 e. The molecule has 0 aromatic heterocycles. The van der Waals surface area contributed by atoms with Gasteiger partial charge in [-0.3, -0.25) is 4.79 Å². The first-order valence-corrected chi connectivity index (χ1v) is 8.59. The van der Waals surface area contributed by atoms with Gasteiger partial charge in [0.1, 0.15) is 0 Å². The number of rotatable bonds is 4. The fourth-order valence-electron chi connectivity index (χ4n) is 1.55. The van der Waals surface area contributed by atoms with E-state index in [0.717, 1.165) is 0 Å². The Morgan fingerprint density at radius 1 is 1.33 bits per heavy atom. The van der Waals surface area contributed by atoms with Crippen LogP contribution in [0.5, 0.6) is 0 Å². The van der Waals surface area contributed by atoms with E-state index in [2.05, 4.69) is 26.0 Å². The zero-order chi connectivity index (χ0) is 16.4. The summed E-state index contributed by atoms with van der Waals surface area (Å²) in [4.78, 5) is 11.9. The second-order valence-corrected chi connectivity index (χ2v) is 8.31. The molecule has 0 bridgehead atoms. The zero-order valence-corrected chi connectivity index (χ0v) is 14.8. The molecule has 8 heteroatoms. The number of hydrogen-bond donors (Lipinski definition) is 3. The summed E-state index contributed by atoms with van der Waals surface area (Å²) in [5.74, 6) is -0.397. The second kappa shape index (κ2) is 6.33. The quantitative estimate of drug-likeness (QED) is 0.693. The number of nitrogen functional groups attached to an aromatic ring is 1. The van der Waals surface area contributed by atoms with Crippen molar-refractivity contribution in [2.24, 2.45) is 0 Å². The first-order chi connectivity index (χ1) is 9.42. The third-order valence-corrected chi connectivity index (χ3v) is 5.00. The van der Waals surface area contributed by atoms with Gasteiger partial charge in [0.25, 0.3) is 0 Å². The number of benzene rings is 1. The van der Waals surface area contributed by atoms with Crippen LogP contribution in [0, 0.1) is 0 Å². The monoisotopic (exact) mass is 377 g/mol. The number of sulfonamides is 1. The summed E-state index contributed by atoms with van der Waals surface area (Å²) in [5, 5.41) is 2.72. The Bertz CT molecular complexity index is 639. The second-order valence-electron chi connectivity index (χ2n) is 5.77. The molecule has 0 saturated carbocycles. The molecule has 1 atom stereocenters. The fraction of sp³-hybridized carbons (Fsp3) is 0.462. The lowest BCUT2D eigenvalue weighted by Gasteiger charge is -2.23. The van der Waals surface area contributed by atoms with Gasteiger partial charge in [-0.05, 0) is 61.8 Å². The van der Waals surface area contributed by atoms with Gasteiger partial charge in [-0.25, -0.2) is 8.42 Å². The molecule has 1 rings (SSSR count). The Morgan fingerprint density at radius 2 is 1.90 bits per heavy atom. The van der Waals surface area contributed by atoms with Gasteiger partial charge in [-0.1, -0.05) is 0 Å². The van der Waals surface area contributed by atoms with Gasteiger partial charge in [0.05, 0.1) is 10.9 Å². The predicted molar refractivity (Wildman–Crippen MR) is 86.2 cm³/mol. The first kappa shape index (κ1) is 17.9. The van der Waals surface area contributed by atoms with E-state index in [1.54, 1.807) is 12.1 Å². The molecule has 0 saturated heterocycles. The number of amides is 1.